The summed E-state index contributed by atoms with van der Waals surface area (Å²) in [6.07, 6.45) is 0. The van der Waals surface area contributed by atoms with E-state index >= 15 is 0 Å². The summed E-state index contributed by atoms with van der Waals surface area (Å²) in [7, 11) is 0. The van der Waals surface area contributed by atoms with Gasteiger partial charge in [-0.2, -0.15) is 0 Å². The summed E-state index contributed by atoms with van der Waals surface area (Å²) in [6.45, 7) is 2.17. The van der Waals surface area contributed by atoms with Crippen LogP contribution in [-0.4, -0.2) is 0 Å². The van der Waals surface area contributed by atoms with E-state index < -0.39 is 0 Å². The van der Waals surface area contributed by atoms with Crippen LogP contribution in [0.3, 0.4) is 0 Å². The highest BCUT2D eigenvalue weighted by Crippen LogP contribution is 2.38. The molecule has 0 fully saturated rings. The van der Waals surface area contributed by atoms with Crippen LogP contribution in [0.25, 0.3) is 21.5 Å². The molecule has 1 nitrogen and oxygen atoms in total. The number of hydrogen-bond donors (Lipinski definition) is 0. The molecule has 0 unspecified atom stereocenters. The second-order valence-corrected chi connectivity index (χ2v) is 7.15. The third-order valence-corrected chi connectivity index (χ3v) is 5.36. The fraction of sp³-hybridized carbons (Fsp3) is 0.0370. The predicted octanol–water partition coefficient (Wildman–Crippen LogP) is 7.77. The van der Waals surface area contributed by atoms with Gasteiger partial charge in [-0.15, -0.1) is 0 Å². The Hall–Kier alpha value is -3.58. The van der Waals surface area contributed by atoms with Crippen LogP contribution in [0.5, 0.6) is 0 Å². The summed E-state index contributed by atoms with van der Waals surface area (Å²) in [5.41, 5.74) is 4.79. The van der Waals surface area contributed by atoms with E-state index in [4.69, 9.17) is 0 Å². The Bertz CT molecular complexity index is 1270. The molecule has 1 heteroatoms. The van der Waals surface area contributed by atoms with Gasteiger partial charge in [0, 0.05) is 17.1 Å². The van der Waals surface area contributed by atoms with E-state index in [1.807, 2.05) is 0 Å². The molecule has 0 bridgehead atoms. The van der Waals surface area contributed by atoms with Crippen molar-refractivity contribution in [1.29, 1.82) is 0 Å². The number of aryl methyl sites for hydroxylation is 1. The Morgan fingerprint density at radius 2 is 1.18 bits per heavy atom. The summed E-state index contributed by atoms with van der Waals surface area (Å²) in [5, 5.41) is 5.13. The van der Waals surface area contributed by atoms with Crippen molar-refractivity contribution < 1.29 is 0 Å². The largest absolute Gasteiger partial charge is 0.310 e. The Labute approximate surface area is 165 Å². The smallest absolute Gasteiger partial charge is 0.0490 e. The van der Waals surface area contributed by atoms with E-state index in [2.05, 4.69) is 121 Å². The summed E-state index contributed by atoms with van der Waals surface area (Å²) in [5.74, 6) is 0. The molecule has 0 heterocycles. The van der Waals surface area contributed by atoms with Crippen LogP contribution < -0.4 is 4.90 Å². The van der Waals surface area contributed by atoms with Crippen LogP contribution in [0.4, 0.5) is 17.1 Å². The van der Waals surface area contributed by atoms with Gasteiger partial charge >= 0.3 is 0 Å². The van der Waals surface area contributed by atoms with E-state index in [0.717, 1.165) is 5.69 Å². The number of benzene rings is 5. The fourth-order valence-electron chi connectivity index (χ4n) is 3.96. The number of rotatable bonds is 3. The fourth-order valence-corrected chi connectivity index (χ4v) is 3.96. The van der Waals surface area contributed by atoms with Gasteiger partial charge in [0.25, 0.3) is 0 Å². The van der Waals surface area contributed by atoms with Crippen molar-refractivity contribution in [2.75, 3.05) is 4.90 Å². The first kappa shape index (κ1) is 16.6. The Morgan fingerprint density at radius 3 is 2.04 bits per heavy atom. The molecule has 0 saturated carbocycles. The molecule has 0 aliphatic carbocycles. The highest BCUT2D eigenvalue weighted by molar-refractivity contribution is 6.08. The van der Waals surface area contributed by atoms with Gasteiger partial charge in [-0.1, -0.05) is 78.9 Å². The van der Waals surface area contributed by atoms with Gasteiger partial charge in [0.05, 0.1) is 0 Å². The van der Waals surface area contributed by atoms with Gasteiger partial charge < -0.3 is 4.90 Å². The second kappa shape index (κ2) is 6.86. The van der Waals surface area contributed by atoms with Crippen molar-refractivity contribution in [3.63, 3.8) is 0 Å². The van der Waals surface area contributed by atoms with E-state index in [9.17, 15) is 0 Å². The Kier molecular flexibility index (Phi) is 4.06. The molecule has 0 aliphatic rings. The molecule has 0 radical (unpaired) electrons. The molecule has 0 atom stereocenters. The molecular formula is C27H21N. The highest BCUT2D eigenvalue weighted by atomic mass is 15.1. The van der Waals surface area contributed by atoms with Crippen LogP contribution in [0.15, 0.2) is 109 Å². The van der Waals surface area contributed by atoms with Crippen LogP contribution in [-0.2, 0) is 0 Å². The SMILES string of the molecule is Cc1ccccc1N(c1ccccc1)c1ccc2c(ccc3ccccc32)c1. The number of para-hydroxylation sites is 2. The van der Waals surface area contributed by atoms with Crippen molar-refractivity contribution in [2.24, 2.45) is 0 Å². The lowest BCUT2D eigenvalue weighted by Gasteiger charge is -2.27. The summed E-state index contributed by atoms with van der Waals surface area (Å²) in [6, 6.07) is 38.9. The standard InChI is InChI=1S/C27H21N/c1-20-9-5-8-14-27(20)28(23-11-3-2-4-12-23)24-17-18-26-22(19-24)16-15-21-10-6-7-13-25(21)26/h2-19H,1H3. The maximum atomic E-state index is 2.34. The van der Waals surface area contributed by atoms with Gasteiger partial charge in [0.1, 0.15) is 0 Å². The number of fused-ring (bicyclic) bond motifs is 3. The number of nitrogens with zero attached hydrogens (tertiary/aromatic N) is 1. The van der Waals surface area contributed by atoms with Crippen molar-refractivity contribution >= 4 is 38.6 Å². The van der Waals surface area contributed by atoms with Crippen molar-refractivity contribution in [2.45, 2.75) is 6.92 Å². The number of anilines is 3. The molecule has 5 aromatic carbocycles. The predicted molar refractivity (Wildman–Crippen MR) is 121 cm³/mol. The minimum atomic E-state index is 1.16. The lowest BCUT2D eigenvalue weighted by atomic mass is 10.0. The average Bonchev–Trinajstić information content (AvgIpc) is 2.76. The molecule has 0 aliphatic heterocycles. The minimum Gasteiger partial charge on any atom is -0.310 e. The maximum absolute atomic E-state index is 2.34. The zero-order valence-electron chi connectivity index (χ0n) is 15.8. The lowest BCUT2D eigenvalue weighted by Crippen LogP contribution is -2.11. The van der Waals surface area contributed by atoms with Crippen molar-refractivity contribution in [1.82, 2.24) is 0 Å². The van der Waals surface area contributed by atoms with Gasteiger partial charge in [0.15, 0.2) is 0 Å². The molecule has 5 aromatic rings. The van der Waals surface area contributed by atoms with E-state index in [1.165, 1.54) is 38.5 Å². The van der Waals surface area contributed by atoms with Gasteiger partial charge in [-0.25, -0.2) is 0 Å². The molecular weight excluding hydrogens is 338 g/mol. The van der Waals surface area contributed by atoms with Crippen LogP contribution in [0, 0.1) is 6.92 Å². The van der Waals surface area contributed by atoms with Crippen LogP contribution in [0.2, 0.25) is 0 Å². The summed E-state index contributed by atoms with van der Waals surface area (Å²) in [4.78, 5) is 2.34. The minimum absolute atomic E-state index is 1.16. The van der Waals surface area contributed by atoms with E-state index in [0.29, 0.717) is 0 Å². The third-order valence-electron chi connectivity index (χ3n) is 5.36. The molecule has 0 aromatic heterocycles. The monoisotopic (exact) mass is 359 g/mol. The Balaban J connectivity index is 1.74. The van der Waals surface area contributed by atoms with Crippen molar-refractivity contribution in [3.8, 4) is 0 Å². The molecule has 0 spiro atoms. The summed E-state index contributed by atoms with van der Waals surface area (Å²) >= 11 is 0. The van der Waals surface area contributed by atoms with E-state index in [1.54, 1.807) is 0 Å². The molecule has 0 saturated heterocycles. The van der Waals surface area contributed by atoms with E-state index in [-0.39, 0.29) is 0 Å². The van der Waals surface area contributed by atoms with Crippen LogP contribution in [0.1, 0.15) is 5.56 Å². The quantitative estimate of drug-likeness (QED) is 0.297. The first-order valence-corrected chi connectivity index (χ1v) is 9.63. The van der Waals surface area contributed by atoms with Crippen molar-refractivity contribution in [3.05, 3.63) is 115 Å². The molecule has 134 valence electrons. The van der Waals surface area contributed by atoms with Gasteiger partial charge in [0.2, 0.25) is 0 Å². The molecule has 0 amide bonds. The third kappa shape index (κ3) is 2.82. The van der Waals surface area contributed by atoms with Gasteiger partial charge in [-0.05, 0) is 64.4 Å². The van der Waals surface area contributed by atoms with Gasteiger partial charge in [-0.3, -0.25) is 0 Å². The lowest BCUT2D eigenvalue weighted by molar-refractivity contribution is 1.25. The highest BCUT2D eigenvalue weighted by Gasteiger charge is 2.14. The molecule has 0 N–H and O–H groups in total. The topological polar surface area (TPSA) is 3.24 Å². The second-order valence-electron chi connectivity index (χ2n) is 7.15. The first-order valence-electron chi connectivity index (χ1n) is 9.63. The normalized spacial score (nSPS) is 11.0. The molecule has 5 rings (SSSR count). The Morgan fingerprint density at radius 1 is 0.500 bits per heavy atom. The zero-order valence-corrected chi connectivity index (χ0v) is 15.8. The average molecular weight is 359 g/mol. The summed E-state index contributed by atoms with van der Waals surface area (Å²) < 4.78 is 0. The number of hydrogen-bond acceptors (Lipinski definition) is 1. The maximum Gasteiger partial charge on any atom is 0.0490 e. The first-order chi connectivity index (χ1) is 13.8. The molecule has 28 heavy (non-hydrogen) atoms. The zero-order chi connectivity index (χ0) is 18.9. The van der Waals surface area contributed by atoms with Crippen LogP contribution >= 0.6 is 0 Å².